The fraction of sp³-hybridized carbons (Fsp3) is 0.310. The maximum absolute atomic E-state index is 15.5. The van der Waals surface area contributed by atoms with E-state index in [2.05, 4.69) is 20.3 Å². The number of aromatic nitrogens is 4. The van der Waals surface area contributed by atoms with Crippen molar-refractivity contribution in [2.24, 2.45) is 0 Å². The van der Waals surface area contributed by atoms with Gasteiger partial charge in [0.2, 0.25) is 5.43 Å². The van der Waals surface area contributed by atoms with E-state index in [1.54, 1.807) is 20.2 Å². The molecule has 0 bridgehead atoms. The highest BCUT2D eigenvalue weighted by Crippen LogP contribution is 2.43. The number of carboxylic acid groups (broad SMARTS) is 1. The number of anilines is 2. The number of aliphatic hydroxyl groups is 1. The molecule has 1 fully saturated rings. The summed E-state index contributed by atoms with van der Waals surface area (Å²) in [6.45, 7) is 4.56. The average Bonchev–Trinajstić information content (AvgIpc) is 3.38. The number of benzene rings is 1. The average molecular weight is 579 g/mol. The molecule has 13 heteroatoms. The summed E-state index contributed by atoms with van der Waals surface area (Å²) in [5.74, 6) is -3.46. The van der Waals surface area contributed by atoms with Crippen LogP contribution in [0.2, 0.25) is 0 Å². The summed E-state index contributed by atoms with van der Waals surface area (Å²) in [5, 5.41) is 22.8. The number of nitrogens with zero attached hydrogens (tertiary/aromatic N) is 4. The summed E-state index contributed by atoms with van der Waals surface area (Å²) in [6.07, 6.45) is 4.11. The maximum atomic E-state index is 15.5. The summed E-state index contributed by atoms with van der Waals surface area (Å²) >= 11 is 0. The second-order valence-corrected chi connectivity index (χ2v) is 10.4. The van der Waals surface area contributed by atoms with Crippen molar-refractivity contribution >= 4 is 50.3 Å². The van der Waals surface area contributed by atoms with Gasteiger partial charge in [0.05, 0.1) is 58.4 Å². The zero-order valence-corrected chi connectivity index (χ0v) is 23.0. The van der Waals surface area contributed by atoms with Crippen molar-refractivity contribution in [3.8, 4) is 11.1 Å². The fourth-order valence-electron chi connectivity index (χ4n) is 5.66. The van der Waals surface area contributed by atoms with Gasteiger partial charge < -0.3 is 34.7 Å². The molecular weight excluding hydrogens is 550 g/mol. The largest absolute Gasteiger partial charge is 0.477 e. The first kappa shape index (κ1) is 27.5. The van der Waals surface area contributed by atoms with Crippen molar-refractivity contribution in [2.75, 3.05) is 43.6 Å². The van der Waals surface area contributed by atoms with Crippen LogP contribution in [0.1, 0.15) is 30.2 Å². The molecule has 5 heterocycles. The van der Waals surface area contributed by atoms with Crippen molar-refractivity contribution in [3.63, 3.8) is 0 Å². The van der Waals surface area contributed by atoms with Gasteiger partial charge in [0.25, 0.3) is 0 Å². The summed E-state index contributed by atoms with van der Waals surface area (Å²) in [5.41, 5.74) is 1.51. The van der Waals surface area contributed by atoms with E-state index in [0.29, 0.717) is 58.7 Å². The lowest BCUT2D eigenvalue weighted by Gasteiger charge is -2.34. The molecule has 4 N–H and O–H groups in total. The molecule has 5 aromatic rings. The zero-order valence-electron chi connectivity index (χ0n) is 23.0. The number of rotatable bonds is 6. The van der Waals surface area contributed by atoms with E-state index < -0.39 is 34.6 Å². The van der Waals surface area contributed by atoms with Crippen LogP contribution < -0.4 is 15.6 Å². The highest BCUT2D eigenvalue weighted by Gasteiger charge is 2.28. The molecule has 1 aliphatic rings. The summed E-state index contributed by atoms with van der Waals surface area (Å²) < 4.78 is 37.6. The van der Waals surface area contributed by atoms with Crippen LogP contribution in [-0.2, 0) is 4.74 Å². The highest BCUT2D eigenvalue weighted by molar-refractivity contribution is 6.18. The molecule has 2 atom stereocenters. The molecule has 0 radical (unpaired) electrons. The first-order valence-electron chi connectivity index (χ1n) is 13.4. The van der Waals surface area contributed by atoms with E-state index in [9.17, 15) is 24.2 Å². The number of aromatic carboxylic acids is 1. The topological polar surface area (TPSA) is 146 Å². The van der Waals surface area contributed by atoms with Crippen LogP contribution in [0.25, 0.3) is 44.1 Å². The number of ether oxygens (including phenoxy) is 1. The number of morpholine rings is 1. The quantitative estimate of drug-likeness (QED) is 0.236. The van der Waals surface area contributed by atoms with Gasteiger partial charge in [-0.15, -0.1) is 0 Å². The van der Waals surface area contributed by atoms with Crippen LogP contribution in [0.5, 0.6) is 0 Å². The summed E-state index contributed by atoms with van der Waals surface area (Å²) in [4.78, 5) is 39.4. The van der Waals surface area contributed by atoms with E-state index in [-0.39, 0.29) is 29.1 Å². The Labute approximate surface area is 237 Å². The number of halogens is 2. The third-order valence-corrected chi connectivity index (χ3v) is 7.74. The maximum Gasteiger partial charge on any atom is 0.341 e. The molecule has 42 heavy (non-hydrogen) atoms. The van der Waals surface area contributed by atoms with Crippen molar-refractivity contribution in [1.29, 1.82) is 0 Å². The molecule has 0 spiro atoms. The van der Waals surface area contributed by atoms with Crippen molar-refractivity contribution < 1.29 is 28.5 Å². The minimum atomic E-state index is -1.41. The Morgan fingerprint density at radius 3 is 2.74 bits per heavy atom. The summed E-state index contributed by atoms with van der Waals surface area (Å²) in [7, 11) is 1.61. The molecule has 1 saturated heterocycles. The second kappa shape index (κ2) is 10.3. The molecular formula is C29H28F2N6O5. The third-order valence-electron chi connectivity index (χ3n) is 7.74. The number of aliphatic hydroxyl groups excluding tert-OH is 1. The van der Waals surface area contributed by atoms with Crippen LogP contribution in [0.3, 0.4) is 0 Å². The Hall–Kier alpha value is -4.62. The smallest absolute Gasteiger partial charge is 0.341 e. The number of pyridine rings is 3. The monoisotopic (exact) mass is 578 g/mol. The van der Waals surface area contributed by atoms with Gasteiger partial charge in [0.15, 0.2) is 11.6 Å². The fourth-order valence-corrected chi connectivity index (χ4v) is 5.66. The lowest BCUT2D eigenvalue weighted by Crippen LogP contribution is -2.41. The first-order chi connectivity index (χ1) is 20.1. The number of nitrogens with one attached hydrogen (secondary N) is 2. The molecule has 4 aromatic heterocycles. The second-order valence-electron chi connectivity index (χ2n) is 10.4. The summed E-state index contributed by atoms with van der Waals surface area (Å²) in [6, 6.07) is 2.05. The predicted molar refractivity (Wildman–Crippen MR) is 154 cm³/mol. The lowest BCUT2D eigenvalue weighted by molar-refractivity contribution is 0.0533. The molecule has 11 nitrogen and oxygen atoms in total. The molecule has 0 unspecified atom stereocenters. The van der Waals surface area contributed by atoms with Crippen LogP contribution >= 0.6 is 0 Å². The Morgan fingerprint density at radius 2 is 2.05 bits per heavy atom. The van der Waals surface area contributed by atoms with Gasteiger partial charge in [0, 0.05) is 55.9 Å². The van der Waals surface area contributed by atoms with E-state index in [4.69, 9.17) is 4.74 Å². The predicted octanol–water partition coefficient (Wildman–Crippen LogP) is 3.89. The molecule has 218 valence electrons. The highest BCUT2D eigenvalue weighted by atomic mass is 19.2. The van der Waals surface area contributed by atoms with Crippen LogP contribution in [-0.4, -0.2) is 75.2 Å². The van der Waals surface area contributed by atoms with Gasteiger partial charge in [0.1, 0.15) is 16.9 Å². The molecule has 0 saturated carbocycles. The molecule has 6 rings (SSSR count). The van der Waals surface area contributed by atoms with E-state index >= 15 is 4.39 Å². The number of aromatic amines is 1. The standard InChI is InChI=1S/C29H28F2N6O5/c1-13(12-38)37-11-18(29(40)41)26(39)16-6-15(8-34-28(16)37)17-9-33-27-22(25(17)36-4-5-42-14(2)10-36)21-23(31)19(30)7-20(32-3)24(21)35-27/h6-9,11,13-14,32,38H,4-5,10,12H2,1-3H3,(H,33,35)(H,40,41)/t13-,14-/m0/s1. The Bertz CT molecular complexity index is 1960. The Balaban J connectivity index is 1.71. The number of carboxylic acids is 1. The molecule has 1 aliphatic heterocycles. The lowest BCUT2D eigenvalue weighted by atomic mass is 10.00. The third kappa shape index (κ3) is 4.23. The first-order valence-corrected chi connectivity index (χ1v) is 13.4. The normalized spacial score (nSPS) is 16.4. The van der Waals surface area contributed by atoms with Crippen molar-refractivity contribution in [3.05, 3.63) is 58.1 Å². The number of hydrogen-bond donors (Lipinski definition) is 4. The van der Waals surface area contributed by atoms with Crippen LogP contribution in [0.15, 0.2) is 35.5 Å². The molecule has 1 aromatic carbocycles. The zero-order chi connectivity index (χ0) is 29.9. The van der Waals surface area contributed by atoms with Gasteiger partial charge in [-0.2, -0.15) is 0 Å². The van der Waals surface area contributed by atoms with E-state index in [1.165, 1.54) is 23.0 Å². The molecule has 0 amide bonds. The van der Waals surface area contributed by atoms with Gasteiger partial charge >= 0.3 is 5.97 Å². The Kier molecular flexibility index (Phi) is 6.78. The Morgan fingerprint density at radius 1 is 1.26 bits per heavy atom. The van der Waals surface area contributed by atoms with E-state index in [1.807, 2.05) is 11.8 Å². The van der Waals surface area contributed by atoms with Crippen molar-refractivity contribution in [1.82, 2.24) is 19.5 Å². The van der Waals surface area contributed by atoms with Gasteiger partial charge in [-0.3, -0.25) is 4.79 Å². The number of hydrogen-bond acceptors (Lipinski definition) is 8. The SMILES string of the molecule is CNc1cc(F)c(F)c2c1[nH]c1ncc(-c3cnc4c(c3)c(=O)c(C(=O)O)cn4[C@@H](C)CO)c(N3CCO[C@@H](C)C3)c12. The minimum Gasteiger partial charge on any atom is -0.477 e. The van der Waals surface area contributed by atoms with Crippen molar-refractivity contribution in [2.45, 2.75) is 26.0 Å². The number of fused-ring (bicyclic) bond motifs is 4. The number of carbonyl (C=O) groups is 1. The minimum absolute atomic E-state index is 0.0267. The van der Waals surface area contributed by atoms with E-state index in [0.717, 1.165) is 6.07 Å². The van der Waals surface area contributed by atoms with Crippen LogP contribution in [0.4, 0.5) is 20.2 Å². The van der Waals surface area contributed by atoms with Gasteiger partial charge in [-0.05, 0) is 19.9 Å². The van der Waals surface area contributed by atoms with Gasteiger partial charge in [-0.1, -0.05) is 0 Å². The van der Waals surface area contributed by atoms with Gasteiger partial charge in [-0.25, -0.2) is 23.5 Å². The molecule has 0 aliphatic carbocycles. The number of H-pyrrole nitrogens is 1. The van der Waals surface area contributed by atoms with Crippen LogP contribution in [0, 0.1) is 11.6 Å².